The minimum Gasteiger partial charge on any atom is -0.452 e. The molecule has 1 amide bonds. The number of nitrogens with zero attached hydrogens (tertiary/aromatic N) is 1. The number of ether oxygens (including phenoxy) is 1. The van der Waals surface area contributed by atoms with Crippen LogP contribution in [-0.2, 0) is 9.53 Å². The summed E-state index contributed by atoms with van der Waals surface area (Å²) in [7, 11) is 0. The van der Waals surface area contributed by atoms with Crippen molar-refractivity contribution in [2.75, 3.05) is 18.9 Å². The van der Waals surface area contributed by atoms with Crippen molar-refractivity contribution >= 4 is 17.6 Å². The molecule has 0 heterocycles. The summed E-state index contributed by atoms with van der Waals surface area (Å²) in [6.45, 7) is 1.58. The fraction of sp³-hybridized carbons (Fsp3) is 0.308. The van der Waals surface area contributed by atoms with Gasteiger partial charge in [-0.3, -0.25) is 4.79 Å². The van der Waals surface area contributed by atoms with Crippen molar-refractivity contribution in [2.45, 2.75) is 13.3 Å². The number of aryl methyl sites for hydroxylation is 1. The van der Waals surface area contributed by atoms with Gasteiger partial charge in [-0.2, -0.15) is 5.26 Å². The zero-order valence-corrected chi connectivity index (χ0v) is 10.6. The van der Waals surface area contributed by atoms with E-state index in [0.717, 1.165) is 0 Å². The van der Waals surface area contributed by atoms with Crippen LogP contribution in [-0.4, -0.2) is 25.0 Å². The van der Waals surface area contributed by atoms with Gasteiger partial charge < -0.3 is 15.8 Å². The van der Waals surface area contributed by atoms with Crippen LogP contribution in [0.4, 0.5) is 5.69 Å². The van der Waals surface area contributed by atoms with Gasteiger partial charge in [0.1, 0.15) is 0 Å². The lowest BCUT2D eigenvalue weighted by Crippen LogP contribution is -2.29. The number of nitrogen functional groups attached to an aromatic ring is 1. The largest absolute Gasteiger partial charge is 0.452 e. The van der Waals surface area contributed by atoms with Crippen LogP contribution in [0, 0.1) is 18.3 Å². The number of nitrogens with one attached hydrogen (secondary N) is 1. The molecule has 0 spiro atoms. The summed E-state index contributed by atoms with van der Waals surface area (Å²) in [5.74, 6) is -1.08. The van der Waals surface area contributed by atoms with Gasteiger partial charge in [0.15, 0.2) is 6.61 Å². The number of rotatable bonds is 5. The van der Waals surface area contributed by atoms with Gasteiger partial charge in [-0.15, -0.1) is 0 Å². The van der Waals surface area contributed by atoms with E-state index in [4.69, 9.17) is 15.7 Å². The van der Waals surface area contributed by atoms with Crippen molar-refractivity contribution < 1.29 is 14.3 Å². The number of esters is 1. The Morgan fingerprint density at radius 1 is 1.47 bits per heavy atom. The molecule has 0 unspecified atom stereocenters. The molecule has 0 aliphatic heterocycles. The van der Waals surface area contributed by atoms with Crippen LogP contribution in [0.3, 0.4) is 0 Å². The highest BCUT2D eigenvalue weighted by Gasteiger charge is 2.15. The number of hydrogen-bond acceptors (Lipinski definition) is 5. The molecule has 3 N–H and O–H groups in total. The Bertz CT molecular complexity index is 500. The third-order valence-electron chi connectivity index (χ3n) is 2.40. The van der Waals surface area contributed by atoms with Gasteiger partial charge >= 0.3 is 5.97 Å². The van der Waals surface area contributed by atoms with Crippen molar-refractivity contribution in [1.82, 2.24) is 5.32 Å². The van der Waals surface area contributed by atoms with Crippen LogP contribution in [0.25, 0.3) is 0 Å². The molecule has 0 fully saturated rings. The average Bonchev–Trinajstić information content (AvgIpc) is 2.36. The smallest absolute Gasteiger partial charge is 0.341 e. The maximum absolute atomic E-state index is 11.8. The zero-order chi connectivity index (χ0) is 14.3. The summed E-state index contributed by atoms with van der Waals surface area (Å²) in [5.41, 5.74) is 6.96. The number of carbonyl (C=O) groups excluding carboxylic acids is 2. The second-order valence-electron chi connectivity index (χ2n) is 3.87. The normalized spacial score (nSPS) is 9.47. The van der Waals surface area contributed by atoms with E-state index >= 15 is 0 Å². The van der Waals surface area contributed by atoms with Crippen LogP contribution < -0.4 is 11.1 Å². The van der Waals surface area contributed by atoms with Crippen molar-refractivity contribution in [3.63, 3.8) is 0 Å². The van der Waals surface area contributed by atoms with Gasteiger partial charge in [0.25, 0.3) is 5.91 Å². The molecule has 0 aliphatic rings. The molecule has 0 saturated carbocycles. The molecule has 0 atom stereocenters. The summed E-state index contributed by atoms with van der Waals surface area (Å²) < 4.78 is 4.87. The fourth-order valence-electron chi connectivity index (χ4n) is 1.48. The minimum atomic E-state index is -0.633. The lowest BCUT2D eigenvalue weighted by Gasteiger charge is -2.09. The second-order valence-corrected chi connectivity index (χ2v) is 3.87. The Morgan fingerprint density at radius 2 is 2.21 bits per heavy atom. The molecule has 0 aromatic heterocycles. The topological polar surface area (TPSA) is 105 Å². The molecule has 6 heteroatoms. The highest BCUT2D eigenvalue weighted by Crippen LogP contribution is 2.17. The molecule has 1 aromatic rings. The molecule has 0 saturated heterocycles. The molecule has 6 nitrogen and oxygen atoms in total. The quantitative estimate of drug-likeness (QED) is 0.462. The van der Waals surface area contributed by atoms with Crippen molar-refractivity contribution in [1.29, 1.82) is 5.26 Å². The molecule has 1 rings (SSSR count). The van der Waals surface area contributed by atoms with Crippen LogP contribution >= 0.6 is 0 Å². The summed E-state index contributed by atoms with van der Waals surface area (Å²) in [4.78, 5) is 23.1. The third kappa shape index (κ3) is 4.32. The van der Waals surface area contributed by atoms with Crippen LogP contribution in [0.1, 0.15) is 22.3 Å². The molecule has 19 heavy (non-hydrogen) atoms. The second kappa shape index (κ2) is 7.01. The molecule has 1 aromatic carbocycles. The van der Waals surface area contributed by atoms with E-state index in [1.807, 2.05) is 6.07 Å². The van der Waals surface area contributed by atoms with E-state index in [0.29, 0.717) is 11.3 Å². The maximum atomic E-state index is 11.8. The van der Waals surface area contributed by atoms with Gasteiger partial charge in [-0.1, -0.05) is 12.1 Å². The number of benzene rings is 1. The molecular formula is C13H15N3O3. The van der Waals surface area contributed by atoms with Crippen molar-refractivity contribution in [3.8, 4) is 6.07 Å². The maximum Gasteiger partial charge on any atom is 0.341 e. The molecular weight excluding hydrogens is 246 g/mol. The summed E-state index contributed by atoms with van der Waals surface area (Å²) in [6, 6.07) is 6.95. The molecule has 0 radical (unpaired) electrons. The van der Waals surface area contributed by atoms with E-state index in [2.05, 4.69) is 5.32 Å². The van der Waals surface area contributed by atoms with Gasteiger partial charge in [-0.05, 0) is 18.6 Å². The van der Waals surface area contributed by atoms with Gasteiger partial charge in [-0.25, -0.2) is 4.79 Å². The monoisotopic (exact) mass is 261 g/mol. The predicted molar refractivity (Wildman–Crippen MR) is 69.1 cm³/mol. The van der Waals surface area contributed by atoms with E-state index in [1.54, 1.807) is 25.1 Å². The SMILES string of the molecule is Cc1cccc(N)c1C(=O)OCC(=O)NCCC#N. The number of nitriles is 1. The first-order valence-corrected chi connectivity index (χ1v) is 5.72. The molecule has 0 aliphatic carbocycles. The number of amides is 1. The van der Waals surface area contributed by atoms with Gasteiger partial charge in [0.2, 0.25) is 0 Å². The highest BCUT2D eigenvalue weighted by atomic mass is 16.5. The first kappa shape index (κ1) is 14.5. The number of anilines is 1. The zero-order valence-electron chi connectivity index (χ0n) is 10.6. The first-order valence-electron chi connectivity index (χ1n) is 5.72. The lowest BCUT2D eigenvalue weighted by atomic mass is 10.1. The Kier molecular flexibility index (Phi) is 5.35. The lowest BCUT2D eigenvalue weighted by molar-refractivity contribution is -0.124. The molecule has 0 bridgehead atoms. The summed E-state index contributed by atoms with van der Waals surface area (Å²) in [6.07, 6.45) is 0.213. The number of carbonyl (C=O) groups is 2. The Hall–Kier alpha value is -2.55. The fourth-order valence-corrected chi connectivity index (χ4v) is 1.48. The van der Waals surface area contributed by atoms with Crippen molar-refractivity contribution in [3.05, 3.63) is 29.3 Å². The predicted octanol–water partition coefficient (Wildman–Crippen LogP) is 0.764. The summed E-state index contributed by atoms with van der Waals surface area (Å²) >= 11 is 0. The van der Waals surface area contributed by atoms with Crippen LogP contribution in [0.5, 0.6) is 0 Å². The van der Waals surface area contributed by atoms with E-state index in [9.17, 15) is 9.59 Å². The number of hydrogen-bond donors (Lipinski definition) is 2. The number of nitrogens with two attached hydrogens (primary N) is 1. The first-order chi connectivity index (χ1) is 9.06. The average molecular weight is 261 g/mol. The van der Waals surface area contributed by atoms with Crippen molar-refractivity contribution in [2.24, 2.45) is 0 Å². The van der Waals surface area contributed by atoms with E-state index in [1.165, 1.54) is 0 Å². The van der Waals surface area contributed by atoms with Gasteiger partial charge in [0, 0.05) is 12.2 Å². The van der Waals surface area contributed by atoms with E-state index in [-0.39, 0.29) is 18.5 Å². The van der Waals surface area contributed by atoms with Crippen LogP contribution in [0.2, 0.25) is 0 Å². The van der Waals surface area contributed by atoms with E-state index < -0.39 is 18.5 Å². The Morgan fingerprint density at radius 3 is 2.84 bits per heavy atom. The minimum absolute atomic E-state index is 0.213. The standard InChI is InChI=1S/C13H15N3O3/c1-9-4-2-5-10(15)12(9)13(18)19-8-11(17)16-7-3-6-14/h2,4-5H,3,7-8,15H2,1H3,(H,16,17). The molecule has 100 valence electrons. The van der Waals surface area contributed by atoms with Crippen LogP contribution in [0.15, 0.2) is 18.2 Å². The summed E-state index contributed by atoms with van der Waals surface area (Å²) in [5, 5.41) is 10.8. The van der Waals surface area contributed by atoms with Gasteiger partial charge in [0.05, 0.1) is 18.1 Å². The highest BCUT2D eigenvalue weighted by molar-refractivity contribution is 5.97. The Balaban J connectivity index is 2.52. The Labute approximate surface area is 111 Å². The third-order valence-corrected chi connectivity index (χ3v) is 2.40.